The van der Waals surface area contributed by atoms with Crippen LogP contribution in [0.5, 0.6) is 0 Å². The van der Waals surface area contributed by atoms with Crippen LogP contribution in [-0.4, -0.2) is 45.0 Å². The maximum atomic E-state index is 13.1. The van der Waals surface area contributed by atoms with E-state index in [1.807, 2.05) is 0 Å². The van der Waals surface area contributed by atoms with Crippen molar-refractivity contribution < 1.29 is 27.1 Å². The number of esters is 1. The molecule has 1 aromatic heterocycles. The summed E-state index contributed by atoms with van der Waals surface area (Å²) in [7, 11) is -3.78. The highest BCUT2D eigenvalue weighted by molar-refractivity contribution is 7.89. The van der Waals surface area contributed by atoms with Gasteiger partial charge in [-0.15, -0.1) is 0 Å². The number of sulfonamides is 1. The van der Waals surface area contributed by atoms with Gasteiger partial charge in [-0.25, -0.2) is 18.0 Å². The third-order valence-electron chi connectivity index (χ3n) is 5.48. The lowest BCUT2D eigenvalue weighted by molar-refractivity contribution is 0.0473. The lowest BCUT2D eigenvalue weighted by atomic mass is 10.1. The topological polar surface area (TPSA) is 103 Å². The van der Waals surface area contributed by atoms with Crippen molar-refractivity contribution in [1.82, 2.24) is 4.31 Å². The SMILES string of the molecule is Cc1cc2oc(=O)cc(COC(=O)c3ccc(C)c(S(=O)(=O)N4CCOCC4)c3)c2cc1Cl. The minimum atomic E-state index is -3.78. The molecule has 10 heteroatoms. The van der Waals surface area contributed by atoms with E-state index in [9.17, 15) is 18.0 Å². The normalized spacial score (nSPS) is 15.0. The second kappa shape index (κ2) is 9.26. The van der Waals surface area contributed by atoms with E-state index in [1.54, 1.807) is 32.0 Å². The Labute approximate surface area is 195 Å². The van der Waals surface area contributed by atoms with Crippen LogP contribution in [0.4, 0.5) is 0 Å². The Morgan fingerprint density at radius 3 is 2.55 bits per heavy atom. The molecule has 1 fully saturated rings. The van der Waals surface area contributed by atoms with Crippen LogP contribution in [0.1, 0.15) is 27.0 Å². The van der Waals surface area contributed by atoms with E-state index in [2.05, 4.69) is 0 Å². The molecule has 0 amide bonds. The molecule has 0 bridgehead atoms. The van der Waals surface area contributed by atoms with Gasteiger partial charge in [0.15, 0.2) is 0 Å². The predicted molar refractivity (Wildman–Crippen MR) is 122 cm³/mol. The molecule has 0 saturated carbocycles. The molecular weight excluding hydrogens is 470 g/mol. The Kier molecular flexibility index (Phi) is 6.58. The van der Waals surface area contributed by atoms with Gasteiger partial charge in [0.2, 0.25) is 10.0 Å². The Hall–Kier alpha value is -2.72. The number of carbonyl (C=O) groups is 1. The van der Waals surface area contributed by atoms with Crippen LogP contribution in [0.3, 0.4) is 0 Å². The zero-order chi connectivity index (χ0) is 23.8. The molecular formula is C23H22ClNO7S. The van der Waals surface area contributed by atoms with Gasteiger partial charge in [0.05, 0.1) is 23.7 Å². The van der Waals surface area contributed by atoms with Crippen molar-refractivity contribution in [2.45, 2.75) is 25.3 Å². The fraction of sp³-hybridized carbons (Fsp3) is 0.304. The van der Waals surface area contributed by atoms with Gasteiger partial charge in [0.1, 0.15) is 12.2 Å². The van der Waals surface area contributed by atoms with Gasteiger partial charge in [0, 0.05) is 35.1 Å². The van der Waals surface area contributed by atoms with E-state index < -0.39 is 21.6 Å². The number of morpholine rings is 1. The highest BCUT2D eigenvalue weighted by Gasteiger charge is 2.28. The predicted octanol–water partition coefficient (Wildman–Crippen LogP) is 3.44. The first kappa shape index (κ1) is 23.4. The molecule has 1 saturated heterocycles. The number of halogens is 1. The number of carbonyl (C=O) groups excluding carboxylic acids is 1. The van der Waals surface area contributed by atoms with Gasteiger partial charge < -0.3 is 13.9 Å². The smallest absolute Gasteiger partial charge is 0.338 e. The van der Waals surface area contributed by atoms with E-state index in [1.165, 1.54) is 22.5 Å². The molecule has 0 unspecified atom stereocenters. The Bertz CT molecular complexity index is 1390. The summed E-state index contributed by atoms with van der Waals surface area (Å²) < 4.78 is 43.3. The van der Waals surface area contributed by atoms with Crippen LogP contribution in [0.15, 0.2) is 50.5 Å². The largest absolute Gasteiger partial charge is 0.457 e. The lowest BCUT2D eigenvalue weighted by Crippen LogP contribution is -2.40. The van der Waals surface area contributed by atoms with Gasteiger partial charge in [-0.1, -0.05) is 17.7 Å². The van der Waals surface area contributed by atoms with Crippen molar-refractivity contribution in [2.75, 3.05) is 26.3 Å². The zero-order valence-electron chi connectivity index (χ0n) is 18.1. The second-order valence-corrected chi connectivity index (χ2v) is 10.1. The molecule has 174 valence electrons. The number of fused-ring (bicyclic) bond motifs is 1. The number of hydrogen-bond donors (Lipinski definition) is 0. The van der Waals surface area contributed by atoms with E-state index in [0.717, 1.165) is 5.56 Å². The average Bonchev–Trinajstić information content (AvgIpc) is 2.79. The van der Waals surface area contributed by atoms with Crippen LogP contribution >= 0.6 is 11.6 Å². The molecule has 33 heavy (non-hydrogen) atoms. The van der Waals surface area contributed by atoms with Gasteiger partial charge in [-0.3, -0.25) is 0 Å². The number of nitrogens with zero attached hydrogens (tertiary/aromatic N) is 1. The zero-order valence-corrected chi connectivity index (χ0v) is 19.7. The number of aryl methyl sites for hydroxylation is 2. The Morgan fingerprint density at radius 1 is 1.09 bits per heavy atom. The molecule has 0 radical (unpaired) electrons. The first-order chi connectivity index (χ1) is 15.7. The molecule has 0 spiro atoms. The molecule has 0 atom stereocenters. The molecule has 4 rings (SSSR count). The van der Waals surface area contributed by atoms with E-state index in [0.29, 0.717) is 40.3 Å². The lowest BCUT2D eigenvalue weighted by Gasteiger charge is -2.26. The van der Waals surface area contributed by atoms with E-state index in [-0.39, 0.29) is 30.2 Å². The summed E-state index contributed by atoms with van der Waals surface area (Å²) in [5.41, 5.74) is 1.55. The molecule has 0 aliphatic carbocycles. The second-order valence-electron chi connectivity index (χ2n) is 7.76. The summed E-state index contributed by atoms with van der Waals surface area (Å²) in [5.74, 6) is -0.715. The molecule has 0 N–H and O–H groups in total. The first-order valence-corrected chi connectivity index (χ1v) is 12.1. The van der Waals surface area contributed by atoms with E-state index >= 15 is 0 Å². The minimum absolute atomic E-state index is 0.0481. The van der Waals surface area contributed by atoms with Crippen LogP contribution in [0.2, 0.25) is 5.02 Å². The maximum Gasteiger partial charge on any atom is 0.338 e. The molecule has 8 nitrogen and oxygen atoms in total. The van der Waals surface area contributed by atoms with Gasteiger partial charge in [-0.05, 0) is 49.2 Å². The highest BCUT2D eigenvalue weighted by Crippen LogP contribution is 2.26. The van der Waals surface area contributed by atoms with E-state index in [4.69, 9.17) is 25.5 Å². The quantitative estimate of drug-likeness (QED) is 0.398. The number of ether oxygens (including phenoxy) is 2. The average molecular weight is 492 g/mol. The highest BCUT2D eigenvalue weighted by atomic mass is 35.5. The van der Waals surface area contributed by atoms with Crippen molar-refractivity contribution in [1.29, 1.82) is 0 Å². The monoisotopic (exact) mass is 491 g/mol. The summed E-state index contributed by atoms with van der Waals surface area (Å²) in [6.45, 7) is 4.40. The van der Waals surface area contributed by atoms with Gasteiger partial charge in [-0.2, -0.15) is 4.31 Å². The van der Waals surface area contributed by atoms with Crippen molar-refractivity contribution in [2.24, 2.45) is 0 Å². The van der Waals surface area contributed by atoms with Crippen molar-refractivity contribution in [3.63, 3.8) is 0 Å². The Morgan fingerprint density at radius 2 is 1.82 bits per heavy atom. The molecule has 3 aromatic rings. The number of benzene rings is 2. The summed E-state index contributed by atoms with van der Waals surface area (Å²) in [6.07, 6.45) is 0. The van der Waals surface area contributed by atoms with Crippen LogP contribution < -0.4 is 5.63 Å². The van der Waals surface area contributed by atoms with Crippen LogP contribution in [0.25, 0.3) is 11.0 Å². The number of rotatable bonds is 5. The maximum absolute atomic E-state index is 13.1. The van der Waals surface area contributed by atoms with Gasteiger partial charge in [0.25, 0.3) is 0 Å². The minimum Gasteiger partial charge on any atom is -0.457 e. The summed E-state index contributed by atoms with van der Waals surface area (Å²) in [6, 6.07) is 8.93. The first-order valence-electron chi connectivity index (χ1n) is 10.3. The van der Waals surface area contributed by atoms with Crippen molar-refractivity contribution in [3.8, 4) is 0 Å². The van der Waals surface area contributed by atoms with Gasteiger partial charge >= 0.3 is 11.6 Å². The summed E-state index contributed by atoms with van der Waals surface area (Å²) >= 11 is 6.20. The van der Waals surface area contributed by atoms with Crippen LogP contribution in [-0.2, 0) is 26.1 Å². The summed E-state index contributed by atoms with van der Waals surface area (Å²) in [4.78, 5) is 24.7. The standard InChI is InChI=1S/C23H22ClNO7S/c1-14-3-4-16(10-21(14)33(28,29)25-5-7-30-8-6-25)23(27)31-13-17-11-22(26)32-20-9-15(2)19(24)12-18(17)20/h3-4,9-12H,5-8,13H2,1-2H3. The fourth-order valence-electron chi connectivity index (χ4n) is 3.63. The third-order valence-corrected chi connectivity index (χ3v) is 7.93. The Balaban J connectivity index is 1.60. The molecule has 1 aliphatic heterocycles. The molecule has 2 aromatic carbocycles. The van der Waals surface area contributed by atoms with Crippen LogP contribution in [0, 0.1) is 13.8 Å². The van der Waals surface area contributed by atoms with Crippen molar-refractivity contribution >= 4 is 38.6 Å². The number of hydrogen-bond acceptors (Lipinski definition) is 7. The molecule has 1 aliphatic rings. The fourth-order valence-corrected chi connectivity index (χ4v) is 5.45. The summed E-state index contributed by atoms with van der Waals surface area (Å²) in [5, 5.41) is 1.04. The van der Waals surface area contributed by atoms with Crippen molar-refractivity contribution in [3.05, 3.63) is 74.1 Å². The third kappa shape index (κ3) is 4.81. The molecule has 2 heterocycles.